The van der Waals surface area contributed by atoms with E-state index in [1.165, 1.54) is 0 Å². The normalized spacial score (nSPS) is 10.4. The quantitative estimate of drug-likeness (QED) is 0.742. The molecule has 20 heavy (non-hydrogen) atoms. The molecule has 2 N–H and O–H groups in total. The first-order chi connectivity index (χ1) is 9.49. The van der Waals surface area contributed by atoms with Gasteiger partial charge >= 0.3 is 0 Å². The van der Waals surface area contributed by atoms with Gasteiger partial charge in [0.2, 0.25) is 5.91 Å². The SMILES string of the molecule is CN(C)CCCNC(=O)CNC(=O)c1cccc(Cl)c1. The monoisotopic (exact) mass is 297 g/mol. The summed E-state index contributed by atoms with van der Waals surface area (Å²) in [7, 11) is 3.96. The van der Waals surface area contributed by atoms with Crippen molar-refractivity contribution in [2.24, 2.45) is 0 Å². The maximum absolute atomic E-state index is 11.8. The van der Waals surface area contributed by atoms with E-state index in [2.05, 4.69) is 10.6 Å². The number of hydrogen-bond acceptors (Lipinski definition) is 3. The van der Waals surface area contributed by atoms with E-state index in [4.69, 9.17) is 11.6 Å². The molecule has 0 spiro atoms. The highest BCUT2D eigenvalue weighted by molar-refractivity contribution is 6.30. The van der Waals surface area contributed by atoms with Crippen molar-refractivity contribution in [3.8, 4) is 0 Å². The van der Waals surface area contributed by atoms with Crippen LogP contribution in [0.1, 0.15) is 16.8 Å². The van der Waals surface area contributed by atoms with Crippen LogP contribution in [0.5, 0.6) is 0 Å². The second-order valence-electron chi connectivity index (χ2n) is 4.70. The number of rotatable bonds is 7. The third kappa shape index (κ3) is 6.54. The zero-order valence-electron chi connectivity index (χ0n) is 11.8. The van der Waals surface area contributed by atoms with Gasteiger partial charge in [-0.15, -0.1) is 0 Å². The number of nitrogens with one attached hydrogen (secondary N) is 2. The van der Waals surface area contributed by atoms with Crippen molar-refractivity contribution < 1.29 is 9.59 Å². The van der Waals surface area contributed by atoms with Gasteiger partial charge in [-0.05, 0) is 45.3 Å². The number of carbonyl (C=O) groups is 2. The predicted molar refractivity (Wildman–Crippen MR) is 80.0 cm³/mol. The molecule has 0 aromatic heterocycles. The van der Waals surface area contributed by atoms with Gasteiger partial charge in [0, 0.05) is 17.1 Å². The van der Waals surface area contributed by atoms with Crippen LogP contribution < -0.4 is 10.6 Å². The standard InChI is InChI=1S/C14H20ClN3O2/c1-18(2)8-4-7-16-13(19)10-17-14(20)11-5-3-6-12(15)9-11/h3,5-6,9H,4,7-8,10H2,1-2H3,(H,16,19)(H,17,20). The summed E-state index contributed by atoms with van der Waals surface area (Å²) in [4.78, 5) is 25.3. The topological polar surface area (TPSA) is 61.4 Å². The lowest BCUT2D eigenvalue weighted by Crippen LogP contribution is -2.37. The Balaban J connectivity index is 2.25. The fraction of sp³-hybridized carbons (Fsp3) is 0.429. The van der Waals surface area contributed by atoms with E-state index in [1.807, 2.05) is 19.0 Å². The van der Waals surface area contributed by atoms with Gasteiger partial charge in [-0.1, -0.05) is 17.7 Å². The van der Waals surface area contributed by atoms with Gasteiger partial charge in [-0.3, -0.25) is 9.59 Å². The molecule has 0 saturated heterocycles. The highest BCUT2D eigenvalue weighted by Gasteiger charge is 2.07. The lowest BCUT2D eigenvalue weighted by atomic mass is 10.2. The van der Waals surface area contributed by atoms with Crippen molar-refractivity contribution in [1.29, 1.82) is 0 Å². The van der Waals surface area contributed by atoms with E-state index < -0.39 is 0 Å². The fourth-order valence-electron chi connectivity index (χ4n) is 1.58. The molecule has 0 atom stereocenters. The van der Waals surface area contributed by atoms with Gasteiger partial charge in [0.05, 0.1) is 6.54 Å². The zero-order valence-corrected chi connectivity index (χ0v) is 12.5. The molecular formula is C14H20ClN3O2. The van der Waals surface area contributed by atoms with Crippen molar-refractivity contribution in [3.63, 3.8) is 0 Å². The van der Waals surface area contributed by atoms with Crippen LogP contribution in [0.3, 0.4) is 0 Å². The molecule has 0 aliphatic heterocycles. The Hall–Kier alpha value is -1.59. The van der Waals surface area contributed by atoms with Gasteiger partial charge in [0.15, 0.2) is 0 Å². The van der Waals surface area contributed by atoms with Crippen molar-refractivity contribution in [3.05, 3.63) is 34.9 Å². The summed E-state index contributed by atoms with van der Waals surface area (Å²) in [6.07, 6.45) is 0.876. The van der Waals surface area contributed by atoms with Crippen molar-refractivity contribution >= 4 is 23.4 Å². The number of benzene rings is 1. The minimum atomic E-state index is -0.309. The maximum Gasteiger partial charge on any atom is 0.251 e. The average Bonchev–Trinajstić information content (AvgIpc) is 2.40. The Labute approximate surface area is 124 Å². The molecule has 110 valence electrons. The van der Waals surface area contributed by atoms with Crippen LogP contribution in [0.25, 0.3) is 0 Å². The lowest BCUT2D eigenvalue weighted by molar-refractivity contribution is -0.120. The lowest BCUT2D eigenvalue weighted by Gasteiger charge is -2.10. The smallest absolute Gasteiger partial charge is 0.251 e. The molecule has 6 heteroatoms. The minimum absolute atomic E-state index is 0.0344. The Bertz CT molecular complexity index is 463. The minimum Gasteiger partial charge on any atom is -0.355 e. The predicted octanol–water partition coefficient (Wildman–Crippen LogP) is 1.14. The summed E-state index contributed by atoms with van der Waals surface area (Å²) in [6, 6.07) is 6.59. The Morgan fingerprint density at radius 1 is 1.25 bits per heavy atom. The Morgan fingerprint density at radius 2 is 2.00 bits per heavy atom. The van der Waals surface area contributed by atoms with Gasteiger partial charge in [0.25, 0.3) is 5.91 Å². The van der Waals surface area contributed by atoms with E-state index in [-0.39, 0.29) is 18.4 Å². The van der Waals surface area contributed by atoms with E-state index in [1.54, 1.807) is 24.3 Å². The average molecular weight is 298 g/mol. The van der Waals surface area contributed by atoms with Crippen molar-refractivity contribution in [2.45, 2.75) is 6.42 Å². The molecule has 0 heterocycles. The molecule has 5 nitrogen and oxygen atoms in total. The van der Waals surface area contributed by atoms with Gasteiger partial charge in [0.1, 0.15) is 0 Å². The van der Waals surface area contributed by atoms with E-state index in [9.17, 15) is 9.59 Å². The summed E-state index contributed by atoms with van der Waals surface area (Å²) >= 11 is 5.80. The van der Waals surface area contributed by atoms with Gasteiger partial charge in [-0.25, -0.2) is 0 Å². The molecule has 0 saturated carbocycles. The molecular weight excluding hydrogens is 278 g/mol. The molecule has 1 aromatic carbocycles. The maximum atomic E-state index is 11.8. The largest absolute Gasteiger partial charge is 0.355 e. The number of amides is 2. The first kappa shape index (κ1) is 16.5. The first-order valence-electron chi connectivity index (χ1n) is 6.44. The Kier molecular flexibility index (Phi) is 7.04. The zero-order chi connectivity index (χ0) is 15.0. The van der Waals surface area contributed by atoms with Crippen LogP contribution in [-0.4, -0.2) is 50.4 Å². The summed E-state index contributed by atoms with van der Waals surface area (Å²) < 4.78 is 0. The molecule has 2 amide bonds. The van der Waals surface area contributed by atoms with Crippen LogP contribution in [-0.2, 0) is 4.79 Å². The molecule has 1 aromatic rings. The molecule has 0 fully saturated rings. The summed E-state index contributed by atoms with van der Waals surface area (Å²) in [6.45, 7) is 1.48. The molecule has 0 unspecified atom stereocenters. The van der Waals surface area contributed by atoms with Crippen LogP contribution in [0, 0.1) is 0 Å². The highest BCUT2D eigenvalue weighted by Crippen LogP contribution is 2.10. The first-order valence-corrected chi connectivity index (χ1v) is 6.82. The molecule has 0 bridgehead atoms. The Morgan fingerprint density at radius 3 is 2.65 bits per heavy atom. The summed E-state index contributed by atoms with van der Waals surface area (Å²) in [5.74, 6) is -0.505. The van der Waals surface area contributed by atoms with Crippen LogP contribution in [0.15, 0.2) is 24.3 Å². The molecule has 0 aliphatic rings. The number of halogens is 1. The second kappa shape index (κ2) is 8.55. The van der Waals surface area contributed by atoms with Crippen molar-refractivity contribution in [1.82, 2.24) is 15.5 Å². The number of hydrogen-bond donors (Lipinski definition) is 2. The number of nitrogens with zero attached hydrogens (tertiary/aromatic N) is 1. The van der Waals surface area contributed by atoms with Crippen LogP contribution >= 0.6 is 11.6 Å². The number of carbonyl (C=O) groups excluding carboxylic acids is 2. The van der Waals surface area contributed by atoms with E-state index in [0.717, 1.165) is 13.0 Å². The summed E-state index contributed by atoms with van der Waals surface area (Å²) in [5, 5.41) is 5.80. The molecule has 0 radical (unpaired) electrons. The highest BCUT2D eigenvalue weighted by atomic mass is 35.5. The van der Waals surface area contributed by atoms with E-state index >= 15 is 0 Å². The fourth-order valence-corrected chi connectivity index (χ4v) is 1.77. The van der Waals surface area contributed by atoms with Crippen LogP contribution in [0.2, 0.25) is 5.02 Å². The third-order valence-corrected chi connectivity index (χ3v) is 2.84. The molecule has 1 rings (SSSR count). The molecule has 0 aliphatic carbocycles. The van der Waals surface area contributed by atoms with Crippen molar-refractivity contribution in [2.75, 3.05) is 33.7 Å². The third-order valence-electron chi connectivity index (χ3n) is 2.60. The van der Waals surface area contributed by atoms with E-state index in [0.29, 0.717) is 17.1 Å². The van der Waals surface area contributed by atoms with Crippen LogP contribution in [0.4, 0.5) is 0 Å². The van der Waals surface area contributed by atoms with Gasteiger partial charge < -0.3 is 15.5 Å². The van der Waals surface area contributed by atoms with Gasteiger partial charge in [-0.2, -0.15) is 0 Å². The second-order valence-corrected chi connectivity index (χ2v) is 5.14. The summed E-state index contributed by atoms with van der Waals surface area (Å²) in [5.41, 5.74) is 0.443.